The Morgan fingerprint density at radius 3 is 2.68 bits per heavy atom. The highest BCUT2D eigenvalue weighted by molar-refractivity contribution is 5.94. The first-order chi connectivity index (χ1) is 13.6. The molecule has 0 unspecified atom stereocenters. The Morgan fingerprint density at radius 1 is 1.14 bits per heavy atom. The maximum absolute atomic E-state index is 13.0. The highest BCUT2D eigenvalue weighted by Crippen LogP contribution is 2.23. The average Bonchev–Trinajstić information content (AvgIpc) is 3.39. The van der Waals surface area contributed by atoms with Crippen molar-refractivity contribution in [3.05, 3.63) is 47.3 Å². The van der Waals surface area contributed by atoms with Gasteiger partial charge in [0.2, 0.25) is 0 Å². The van der Waals surface area contributed by atoms with Crippen molar-refractivity contribution in [2.24, 2.45) is 0 Å². The number of hydrogen-bond acceptors (Lipinski definition) is 4. The van der Waals surface area contributed by atoms with Gasteiger partial charge in [0.25, 0.3) is 11.8 Å². The van der Waals surface area contributed by atoms with Gasteiger partial charge in [0, 0.05) is 30.7 Å². The molecule has 2 heterocycles. The number of likely N-dealkylation sites (tertiary alicyclic amines) is 1. The Hall–Kier alpha value is -2.70. The van der Waals surface area contributed by atoms with Gasteiger partial charge in [-0.15, -0.1) is 5.10 Å². The Bertz CT molecular complexity index is 841. The lowest BCUT2D eigenvalue weighted by Crippen LogP contribution is -2.44. The van der Waals surface area contributed by atoms with E-state index in [4.69, 9.17) is 0 Å². The summed E-state index contributed by atoms with van der Waals surface area (Å²) >= 11 is 0. The molecule has 1 N–H and O–H groups in total. The number of amides is 2. The zero-order valence-corrected chi connectivity index (χ0v) is 16.3. The number of aromatic nitrogens is 3. The third-order valence-corrected chi connectivity index (χ3v) is 5.56. The van der Waals surface area contributed by atoms with Crippen molar-refractivity contribution in [2.75, 3.05) is 6.54 Å². The number of hydrogen-bond donors (Lipinski definition) is 1. The van der Waals surface area contributed by atoms with Gasteiger partial charge in [0.15, 0.2) is 5.69 Å². The summed E-state index contributed by atoms with van der Waals surface area (Å²) in [5.41, 5.74) is 2.26. The summed E-state index contributed by atoms with van der Waals surface area (Å²) in [4.78, 5) is 27.0. The molecule has 0 radical (unpaired) electrons. The van der Waals surface area contributed by atoms with E-state index >= 15 is 0 Å². The molecule has 0 spiro atoms. The van der Waals surface area contributed by atoms with E-state index in [0.717, 1.165) is 56.2 Å². The molecule has 1 aliphatic heterocycles. The Morgan fingerprint density at radius 2 is 1.93 bits per heavy atom. The van der Waals surface area contributed by atoms with Crippen LogP contribution in [-0.4, -0.2) is 50.3 Å². The van der Waals surface area contributed by atoms with E-state index in [1.165, 1.54) is 0 Å². The van der Waals surface area contributed by atoms with Gasteiger partial charge in [-0.25, -0.2) is 0 Å². The van der Waals surface area contributed by atoms with Gasteiger partial charge in [0.05, 0.1) is 6.20 Å². The fourth-order valence-electron chi connectivity index (χ4n) is 3.71. The number of nitrogens with zero attached hydrogens (tertiary/aromatic N) is 4. The normalized spacial score (nSPS) is 19.5. The highest BCUT2D eigenvalue weighted by atomic mass is 16.2. The topological polar surface area (TPSA) is 80.1 Å². The smallest absolute Gasteiger partial charge is 0.273 e. The van der Waals surface area contributed by atoms with Crippen LogP contribution in [-0.2, 0) is 6.54 Å². The fraction of sp³-hybridized carbons (Fsp3) is 0.524. The van der Waals surface area contributed by atoms with Crippen LogP contribution in [0.2, 0.25) is 0 Å². The van der Waals surface area contributed by atoms with Gasteiger partial charge in [0.1, 0.15) is 0 Å². The molecule has 148 valence electrons. The highest BCUT2D eigenvalue weighted by Gasteiger charge is 2.28. The Balaban J connectivity index is 1.37. The third-order valence-electron chi connectivity index (χ3n) is 5.56. The molecule has 1 saturated heterocycles. The minimum atomic E-state index is -0.150. The lowest BCUT2D eigenvalue weighted by Gasteiger charge is -2.36. The molecule has 1 aromatic heterocycles. The van der Waals surface area contributed by atoms with E-state index in [-0.39, 0.29) is 17.9 Å². The molecule has 1 atom stereocenters. The fourth-order valence-corrected chi connectivity index (χ4v) is 3.71. The average molecular weight is 381 g/mol. The van der Waals surface area contributed by atoms with Crippen molar-refractivity contribution >= 4 is 11.8 Å². The van der Waals surface area contributed by atoms with Crippen molar-refractivity contribution in [1.82, 2.24) is 25.2 Å². The lowest BCUT2D eigenvalue weighted by atomic mass is 9.98. The second-order valence-electron chi connectivity index (χ2n) is 7.92. The van der Waals surface area contributed by atoms with Crippen LogP contribution in [0.4, 0.5) is 0 Å². The van der Waals surface area contributed by atoms with Crippen molar-refractivity contribution in [1.29, 1.82) is 0 Å². The van der Waals surface area contributed by atoms with Crippen LogP contribution >= 0.6 is 0 Å². The standard InChI is InChI=1S/C21H27N5O2/c1-15-5-7-16(8-6-15)21(28)26-12-3-2-4-18(26)11-13-25-14-19(23-24-25)20(27)22-17-9-10-17/h5-8,14,17-18H,2-4,9-13H2,1H3,(H,22,27)/t18-/m0/s1. The van der Waals surface area contributed by atoms with Gasteiger partial charge in [-0.2, -0.15) is 0 Å². The molecule has 28 heavy (non-hydrogen) atoms. The quantitative estimate of drug-likeness (QED) is 0.834. The van der Waals surface area contributed by atoms with E-state index in [9.17, 15) is 9.59 Å². The third kappa shape index (κ3) is 4.40. The van der Waals surface area contributed by atoms with Crippen LogP contribution in [0.3, 0.4) is 0 Å². The van der Waals surface area contributed by atoms with E-state index in [1.54, 1.807) is 10.9 Å². The van der Waals surface area contributed by atoms with Gasteiger partial charge in [-0.3, -0.25) is 14.3 Å². The largest absolute Gasteiger partial charge is 0.348 e. The molecule has 1 aromatic carbocycles. The number of carbonyl (C=O) groups is 2. The molecule has 2 fully saturated rings. The predicted octanol–water partition coefficient (Wildman–Crippen LogP) is 2.56. The number of rotatable bonds is 6. The summed E-state index contributed by atoms with van der Waals surface area (Å²) in [7, 11) is 0. The number of carbonyl (C=O) groups excluding carboxylic acids is 2. The monoisotopic (exact) mass is 381 g/mol. The minimum absolute atomic E-state index is 0.104. The lowest BCUT2D eigenvalue weighted by molar-refractivity contribution is 0.0593. The summed E-state index contributed by atoms with van der Waals surface area (Å²) in [5.74, 6) is -0.0459. The summed E-state index contributed by atoms with van der Waals surface area (Å²) in [5, 5.41) is 11.0. The van der Waals surface area contributed by atoms with Gasteiger partial charge in [-0.1, -0.05) is 22.9 Å². The van der Waals surface area contributed by atoms with Crippen LogP contribution in [0.25, 0.3) is 0 Å². The first-order valence-corrected chi connectivity index (χ1v) is 10.2. The van der Waals surface area contributed by atoms with Crippen LogP contribution in [0, 0.1) is 6.92 Å². The molecule has 0 bridgehead atoms. The van der Waals surface area contributed by atoms with Crippen LogP contribution < -0.4 is 5.32 Å². The number of piperidine rings is 1. The molecular weight excluding hydrogens is 354 g/mol. The SMILES string of the molecule is Cc1ccc(C(=O)N2CCCC[C@H]2CCn2cc(C(=O)NC3CC3)nn2)cc1. The first-order valence-electron chi connectivity index (χ1n) is 10.2. The van der Waals surface area contributed by atoms with Crippen molar-refractivity contribution in [2.45, 2.75) is 64.1 Å². The van der Waals surface area contributed by atoms with Gasteiger partial charge in [-0.05, 0) is 57.6 Å². The van der Waals surface area contributed by atoms with Crippen molar-refractivity contribution in [3.8, 4) is 0 Å². The summed E-state index contributed by atoms with van der Waals surface area (Å²) < 4.78 is 1.71. The van der Waals surface area contributed by atoms with Gasteiger partial charge >= 0.3 is 0 Å². The molecular formula is C21H27N5O2. The molecule has 1 aliphatic carbocycles. The Labute approximate surface area is 165 Å². The van der Waals surface area contributed by atoms with E-state index in [0.29, 0.717) is 18.3 Å². The molecule has 2 amide bonds. The Kier molecular flexibility index (Phi) is 5.41. The summed E-state index contributed by atoms with van der Waals surface area (Å²) in [6, 6.07) is 8.28. The summed E-state index contributed by atoms with van der Waals surface area (Å²) in [6.07, 6.45) is 7.79. The van der Waals surface area contributed by atoms with E-state index in [1.807, 2.05) is 36.1 Å². The van der Waals surface area contributed by atoms with Crippen molar-refractivity contribution < 1.29 is 9.59 Å². The van der Waals surface area contributed by atoms with Crippen LogP contribution in [0.15, 0.2) is 30.5 Å². The first kappa shape index (κ1) is 18.7. The zero-order valence-electron chi connectivity index (χ0n) is 16.3. The van der Waals surface area contributed by atoms with Crippen molar-refractivity contribution in [3.63, 3.8) is 0 Å². The molecule has 7 nitrogen and oxygen atoms in total. The number of aryl methyl sites for hydroxylation is 2. The predicted molar refractivity (Wildman–Crippen MR) is 105 cm³/mol. The van der Waals surface area contributed by atoms with Gasteiger partial charge < -0.3 is 10.2 Å². The summed E-state index contributed by atoms with van der Waals surface area (Å²) in [6.45, 7) is 3.46. The second-order valence-corrected chi connectivity index (χ2v) is 7.92. The molecule has 4 rings (SSSR count). The van der Waals surface area contributed by atoms with E-state index < -0.39 is 0 Å². The molecule has 7 heteroatoms. The van der Waals surface area contributed by atoms with Crippen LogP contribution in [0.1, 0.15) is 64.9 Å². The number of nitrogens with one attached hydrogen (secondary N) is 1. The molecule has 2 aromatic rings. The number of benzene rings is 1. The van der Waals surface area contributed by atoms with Crippen LogP contribution in [0.5, 0.6) is 0 Å². The molecule has 1 saturated carbocycles. The zero-order chi connectivity index (χ0) is 19.5. The molecule has 2 aliphatic rings. The second kappa shape index (κ2) is 8.12. The minimum Gasteiger partial charge on any atom is -0.348 e. The van der Waals surface area contributed by atoms with E-state index in [2.05, 4.69) is 15.6 Å². The maximum atomic E-state index is 13.0. The maximum Gasteiger partial charge on any atom is 0.273 e.